The Morgan fingerprint density at radius 2 is 1.91 bits per heavy atom. The van der Waals surface area contributed by atoms with E-state index in [0.29, 0.717) is 33.8 Å². The molecular formula is C23H26N4O5S2. The number of hydrogen-bond acceptors (Lipinski definition) is 9. The van der Waals surface area contributed by atoms with E-state index in [1.165, 1.54) is 30.2 Å². The molecule has 34 heavy (non-hydrogen) atoms. The molecule has 1 aromatic carbocycles. The van der Waals surface area contributed by atoms with Crippen molar-refractivity contribution in [3.8, 4) is 11.5 Å². The van der Waals surface area contributed by atoms with Crippen LogP contribution < -0.4 is 14.8 Å². The van der Waals surface area contributed by atoms with Crippen LogP contribution in [-0.4, -0.2) is 46.6 Å². The fraction of sp³-hybridized carbons (Fsp3) is 0.391. The number of benzene rings is 1. The molecule has 3 aromatic rings. The van der Waals surface area contributed by atoms with Crippen molar-refractivity contribution in [3.63, 3.8) is 0 Å². The van der Waals surface area contributed by atoms with Gasteiger partial charge in [-0.25, -0.2) is 4.79 Å². The number of nitrogens with zero attached hydrogens (tertiary/aromatic N) is 3. The van der Waals surface area contributed by atoms with Crippen molar-refractivity contribution < 1.29 is 23.8 Å². The molecule has 180 valence electrons. The maximum atomic E-state index is 12.7. The molecule has 0 saturated heterocycles. The maximum Gasteiger partial charge on any atom is 0.341 e. The van der Waals surface area contributed by atoms with Gasteiger partial charge in [-0.1, -0.05) is 11.8 Å². The van der Waals surface area contributed by atoms with Gasteiger partial charge < -0.3 is 24.1 Å². The van der Waals surface area contributed by atoms with E-state index in [-0.39, 0.29) is 18.3 Å². The minimum Gasteiger partial charge on any atom is -0.497 e. The molecule has 9 nitrogen and oxygen atoms in total. The molecule has 0 spiro atoms. The van der Waals surface area contributed by atoms with Crippen LogP contribution in [0.15, 0.2) is 29.4 Å². The average molecular weight is 503 g/mol. The Hall–Kier alpha value is -3.05. The fourth-order valence-electron chi connectivity index (χ4n) is 3.77. The normalized spacial score (nSPS) is 12.3. The third-order valence-electron chi connectivity index (χ3n) is 5.43. The highest BCUT2D eigenvalue weighted by atomic mass is 32.2. The molecule has 0 unspecified atom stereocenters. The number of carbonyl (C=O) groups excluding carboxylic acids is 2. The smallest absolute Gasteiger partial charge is 0.341 e. The van der Waals surface area contributed by atoms with Crippen molar-refractivity contribution in [3.05, 3.63) is 46.1 Å². The number of amides is 1. The van der Waals surface area contributed by atoms with Gasteiger partial charge in [-0.05, 0) is 56.0 Å². The largest absolute Gasteiger partial charge is 0.497 e. The van der Waals surface area contributed by atoms with E-state index in [0.717, 1.165) is 35.5 Å². The fourth-order valence-corrected chi connectivity index (χ4v) is 5.89. The predicted octanol–water partition coefficient (Wildman–Crippen LogP) is 3.95. The number of thioether (sulfide) groups is 1. The van der Waals surface area contributed by atoms with Gasteiger partial charge in [0.1, 0.15) is 23.1 Å². The molecule has 1 N–H and O–H groups in total. The number of hydrogen-bond donors (Lipinski definition) is 1. The van der Waals surface area contributed by atoms with E-state index in [1.54, 1.807) is 7.11 Å². The van der Waals surface area contributed by atoms with Crippen LogP contribution in [0.25, 0.3) is 0 Å². The van der Waals surface area contributed by atoms with Crippen LogP contribution in [0.5, 0.6) is 11.5 Å². The van der Waals surface area contributed by atoms with Crippen molar-refractivity contribution in [2.45, 2.75) is 44.5 Å². The van der Waals surface area contributed by atoms with Gasteiger partial charge in [0.25, 0.3) is 0 Å². The SMILES string of the molecule is CCn1c(COc2ccc(OC)cc2)nnc1SCC(=O)Nc1sc2c(c1C(=O)OC)CCC2. The molecule has 1 aliphatic carbocycles. The topological polar surface area (TPSA) is 105 Å². The van der Waals surface area contributed by atoms with E-state index in [4.69, 9.17) is 14.2 Å². The lowest BCUT2D eigenvalue weighted by Crippen LogP contribution is -2.17. The van der Waals surface area contributed by atoms with Gasteiger partial charge in [0.2, 0.25) is 5.91 Å². The van der Waals surface area contributed by atoms with Crippen molar-refractivity contribution in [2.24, 2.45) is 0 Å². The Bertz CT molecular complexity index is 1170. The first-order chi connectivity index (χ1) is 16.5. The molecule has 1 amide bonds. The predicted molar refractivity (Wildman–Crippen MR) is 130 cm³/mol. The molecule has 2 heterocycles. The summed E-state index contributed by atoms with van der Waals surface area (Å²) in [5.74, 6) is 1.65. The summed E-state index contributed by atoms with van der Waals surface area (Å²) in [5.41, 5.74) is 1.50. The quantitative estimate of drug-likeness (QED) is 0.328. The van der Waals surface area contributed by atoms with E-state index in [1.807, 2.05) is 35.8 Å². The first-order valence-electron chi connectivity index (χ1n) is 10.9. The van der Waals surface area contributed by atoms with Crippen molar-refractivity contribution in [1.29, 1.82) is 0 Å². The summed E-state index contributed by atoms with van der Waals surface area (Å²) in [6.07, 6.45) is 2.78. The standard InChI is InChI=1S/C23H26N4O5S2/c1-4-27-18(12-32-15-10-8-14(30-2)9-11-15)25-26-23(27)33-13-19(28)24-21-20(22(29)31-3)16-6-5-7-17(16)34-21/h8-11H,4-7,12-13H2,1-3H3,(H,24,28). The van der Waals surface area contributed by atoms with Crippen LogP contribution in [0.4, 0.5) is 5.00 Å². The Morgan fingerprint density at radius 3 is 2.62 bits per heavy atom. The molecule has 0 aliphatic heterocycles. The van der Waals surface area contributed by atoms with Gasteiger partial charge in [0.05, 0.1) is 25.5 Å². The summed E-state index contributed by atoms with van der Waals surface area (Å²) in [6.45, 7) is 2.88. The molecule has 11 heteroatoms. The lowest BCUT2D eigenvalue weighted by molar-refractivity contribution is -0.113. The average Bonchev–Trinajstić information content (AvgIpc) is 3.55. The van der Waals surface area contributed by atoms with Gasteiger partial charge >= 0.3 is 5.97 Å². The highest BCUT2D eigenvalue weighted by Gasteiger charge is 2.28. The zero-order valence-electron chi connectivity index (χ0n) is 19.3. The summed E-state index contributed by atoms with van der Waals surface area (Å²) in [7, 11) is 2.97. The van der Waals surface area contributed by atoms with Gasteiger partial charge in [-0.3, -0.25) is 4.79 Å². The molecule has 0 saturated carbocycles. The van der Waals surface area contributed by atoms with Crippen LogP contribution in [0.1, 0.15) is 40.0 Å². The van der Waals surface area contributed by atoms with Crippen molar-refractivity contribution in [2.75, 3.05) is 25.3 Å². The summed E-state index contributed by atoms with van der Waals surface area (Å²) in [5, 5.41) is 12.5. The van der Waals surface area contributed by atoms with Gasteiger partial charge in [-0.2, -0.15) is 0 Å². The van der Waals surface area contributed by atoms with E-state index < -0.39 is 5.97 Å². The number of nitrogens with one attached hydrogen (secondary N) is 1. The van der Waals surface area contributed by atoms with Gasteiger partial charge in [-0.15, -0.1) is 21.5 Å². The lowest BCUT2D eigenvalue weighted by atomic mass is 10.1. The number of rotatable bonds is 10. The van der Waals surface area contributed by atoms with Crippen molar-refractivity contribution in [1.82, 2.24) is 14.8 Å². The lowest BCUT2D eigenvalue weighted by Gasteiger charge is -2.10. The summed E-state index contributed by atoms with van der Waals surface area (Å²) >= 11 is 2.75. The van der Waals surface area contributed by atoms with E-state index in [9.17, 15) is 9.59 Å². The highest BCUT2D eigenvalue weighted by Crippen LogP contribution is 2.39. The second kappa shape index (κ2) is 10.9. The number of thiophene rings is 1. The molecule has 0 fully saturated rings. The number of fused-ring (bicyclic) bond motifs is 1. The summed E-state index contributed by atoms with van der Waals surface area (Å²) in [6, 6.07) is 7.31. The van der Waals surface area contributed by atoms with Gasteiger partial charge in [0.15, 0.2) is 11.0 Å². The van der Waals surface area contributed by atoms with Crippen LogP contribution in [0.2, 0.25) is 0 Å². The number of methoxy groups -OCH3 is 2. The Balaban J connectivity index is 1.37. The number of carbonyl (C=O) groups is 2. The molecular weight excluding hydrogens is 476 g/mol. The molecule has 2 aromatic heterocycles. The first-order valence-corrected chi connectivity index (χ1v) is 12.7. The number of esters is 1. The van der Waals surface area contributed by atoms with Gasteiger partial charge in [0, 0.05) is 11.4 Å². The zero-order chi connectivity index (χ0) is 24.1. The minimum absolute atomic E-state index is 0.140. The molecule has 0 atom stereocenters. The maximum absolute atomic E-state index is 12.7. The Morgan fingerprint density at radius 1 is 1.15 bits per heavy atom. The third kappa shape index (κ3) is 5.20. The molecule has 0 radical (unpaired) electrons. The van der Waals surface area contributed by atoms with E-state index in [2.05, 4.69) is 15.5 Å². The van der Waals surface area contributed by atoms with Crippen molar-refractivity contribution >= 4 is 40.0 Å². The van der Waals surface area contributed by atoms with Crippen LogP contribution >= 0.6 is 23.1 Å². The van der Waals surface area contributed by atoms with Crippen LogP contribution in [-0.2, 0) is 35.5 Å². The Labute approximate surface area is 205 Å². The number of aryl methyl sites for hydroxylation is 1. The zero-order valence-corrected chi connectivity index (χ0v) is 20.9. The van der Waals surface area contributed by atoms with Crippen LogP contribution in [0.3, 0.4) is 0 Å². The number of ether oxygens (including phenoxy) is 3. The summed E-state index contributed by atoms with van der Waals surface area (Å²) < 4.78 is 17.8. The van der Waals surface area contributed by atoms with Crippen LogP contribution in [0, 0.1) is 0 Å². The van der Waals surface area contributed by atoms with E-state index >= 15 is 0 Å². The highest BCUT2D eigenvalue weighted by molar-refractivity contribution is 7.99. The second-order valence-electron chi connectivity index (χ2n) is 7.50. The molecule has 1 aliphatic rings. The second-order valence-corrected chi connectivity index (χ2v) is 9.54. The minimum atomic E-state index is -0.408. The molecule has 0 bridgehead atoms. The first kappa shape index (κ1) is 24.1. The third-order valence-corrected chi connectivity index (χ3v) is 7.61. The number of anilines is 1. The number of aromatic nitrogens is 3. The Kier molecular flexibility index (Phi) is 7.73. The monoisotopic (exact) mass is 502 g/mol. The molecule has 4 rings (SSSR count). The summed E-state index contributed by atoms with van der Waals surface area (Å²) in [4.78, 5) is 26.1.